The molecule has 2 aromatic rings. The summed E-state index contributed by atoms with van der Waals surface area (Å²) >= 11 is 0. The first-order valence-corrected chi connectivity index (χ1v) is 7.10. The van der Waals surface area contributed by atoms with Gasteiger partial charge in [0, 0.05) is 0 Å². The minimum absolute atomic E-state index is 0.0970. The van der Waals surface area contributed by atoms with Crippen molar-refractivity contribution >= 4 is 19.9 Å². The van der Waals surface area contributed by atoms with Crippen molar-refractivity contribution < 1.29 is 28.8 Å². The second-order valence-electron chi connectivity index (χ2n) is 4.08. The van der Waals surface area contributed by atoms with Crippen LogP contribution in [0.4, 0.5) is 0 Å². The lowest BCUT2D eigenvalue weighted by Gasteiger charge is -2.05. The fraction of sp³-hybridized carbons (Fsp3) is 0. The highest BCUT2D eigenvalue weighted by atomic mass is 31.1. The summed E-state index contributed by atoms with van der Waals surface area (Å²) in [5.41, 5.74) is 0.194. The summed E-state index contributed by atoms with van der Waals surface area (Å²) in [7, 11) is -2.28. The van der Waals surface area contributed by atoms with Gasteiger partial charge in [0.15, 0.2) is 0 Å². The van der Waals surface area contributed by atoms with Crippen LogP contribution in [-0.2, 0) is 0 Å². The Balaban J connectivity index is 1.98. The molecule has 0 aliphatic rings. The number of rotatable bonds is 4. The van der Waals surface area contributed by atoms with Gasteiger partial charge in [-0.2, -0.15) is 5.00 Å². The second kappa shape index (κ2) is 6.63. The molecule has 7 nitrogen and oxygen atoms in total. The van der Waals surface area contributed by atoms with Crippen LogP contribution in [-0.4, -0.2) is 22.2 Å². The van der Waals surface area contributed by atoms with Gasteiger partial charge in [-0.1, -0.05) is 0 Å². The van der Waals surface area contributed by atoms with Crippen molar-refractivity contribution in [3.63, 3.8) is 0 Å². The Labute approximate surface area is 125 Å². The maximum Gasteiger partial charge on any atom is 0.459 e. The monoisotopic (exact) mass is 319 g/mol. The van der Waals surface area contributed by atoms with Crippen LogP contribution in [0.1, 0.15) is 20.7 Å². The van der Waals surface area contributed by atoms with Gasteiger partial charge in [-0.3, -0.25) is 0 Å². The zero-order valence-electron chi connectivity index (χ0n) is 11.0. The van der Waals surface area contributed by atoms with Crippen LogP contribution in [0.2, 0.25) is 0 Å². The molecule has 0 fully saturated rings. The normalized spacial score (nSPS) is 9.77. The number of carboxylic acids is 2. The minimum Gasteiger partial charge on any atom is -0.478 e. The predicted octanol–water partition coefficient (Wildman–Crippen LogP) is 3.33. The standard InChI is InChI=1S/C14H10NO6P/c15-22(20-11-5-1-9(2-6-11)13(16)17)21-12-7-3-10(4-8-12)14(18)19/h1-8H,(H,16,17)(H,18,19). The molecule has 0 radical (unpaired) electrons. The molecule has 0 heterocycles. The average Bonchev–Trinajstić information content (AvgIpc) is 2.48. The number of carboxylic acid groups (broad SMARTS) is 2. The van der Waals surface area contributed by atoms with Crippen LogP contribution in [0, 0.1) is 5.00 Å². The maximum atomic E-state index is 10.7. The molecular weight excluding hydrogens is 309 g/mol. The lowest BCUT2D eigenvalue weighted by Crippen LogP contribution is -1.96. The molecule has 0 atom stereocenters. The first-order chi connectivity index (χ1) is 10.5. The van der Waals surface area contributed by atoms with Gasteiger partial charge in [0.1, 0.15) is 11.5 Å². The fourth-order valence-corrected chi connectivity index (χ4v) is 2.16. The van der Waals surface area contributed by atoms with Crippen LogP contribution in [0.15, 0.2) is 48.5 Å². The molecule has 0 unspecified atom stereocenters. The lowest BCUT2D eigenvalue weighted by atomic mass is 10.2. The number of nitrogens with zero attached hydrogens (tertiary/aromatic N) is 1. The Hall–Kier alpha value is -3.01. The van der Waals surface area contributed by atoms with E-state index in [1.54, 1.807) is 0 Å². The van der Waals surface area contributed by atoms with Crippen molar-refractivity contribution in [1.29, 1.82) is 5.00 Å². The van der Waals surface area contributed by atoms with E-state index in [2.05, 4.69) is 0 Å². The van der Waals surface area contributed by atoms with Gasteiger partial charge in [-0.05, 0) is 48.5 Å². The summed E-state index contributed by atoms with van der Waals surface area (Å²) in [5, 5.41) is 27.2. The zero-order chi connectivity index (χ0) is 16.1. The highest BCUT2D eigenvalue weighted by Gasteiger charge is 2.08. The second-order valence-corrected chi connectivity index (χ2v) is 4.92. The van der Waals surface area contributed by atoms with Crippen molar-refractivity contribution in [3.8, 4) is 11.5 Å². The molecule has 0 aromatic heterocycles. The number of hydrogen-bond acceptors (Lipinski definition) is 5. The fourth-order valence-electron chi connectivity index (χ4n) is 1.52. The number of hydrogen-bond donors (Lipinski definition) is 2. The van der Waals surface area contributed by atoms with Gasteiger partial charge >= 0.3 is 19.9 Å². The van der Waals surface area contributed by atoms with E-state index in [4.69, 9.17) is 19.3 Å². The molecular formula is C14H10NO6P. The topological polar surface area (TPSA) is 117 Å². The molecule has 0 aliphatic carbocycles. The van der Waals surface area contributed by atoms with Crippen molar-refractivity contribution in [2.75, 3.05) is 0 Å². The number of carbonyl (C=O) groups is 2. The summed E-state index contributed by atoms with van der Waals surface area (Å²) in [6.07, 6.45) is 0. The summed E-state index contributed by atoms with van der Waals surface area (Å²) in [4.78, 5) is 21.4. The molecule has 0 saturated carbocycles. The Morgan fingerprint density at radius 1 is 0.773 bits per heavy atom. The van der Waals surface area contributed by atoms with Crippen molar-refractivity contribution in [2.45, 2.75) is 0 Å². The lowest BCUT2D eigenvalue weighted by molar-refractivity contribution is 0.0686. The van der Waals surface area contributed by atoms with Gasteiger partial charge in [0.2, 0.25) is 0 Å². The number of aromatic carboxylic acids is 2. The van der Waals surface area contributed by atoms with E-state index in [0.717, 1.165) is 0 Å². The first-order valence-electron chi connectivity index (χ1n) is 5.97. The van der Waals surface area contributed by atoms with Crippen LogP contribution < -0.4 is 9.05 Å². The molecule has 0 spiro atoms. The Morgan fingerprint density at radius 3 is 1.36 bits per heavy atom. The van der Waals surface area contributed by atoms with Gasteiger partial charge in [-0.15, -0.1) is 0 Å². The third-order valence-electron chi connectivity index (χ3n) is 2.57. The molecule has 112 valence electrons. The van der Waals surface area contributed by atoms with E-state index in [1.807, 2.05) is 0 Å². The van der Waals surface area contributed by atoms with Crippen LogP contribution in [0.25, 0.3) is 0 Å². The Kier molecular flexibility index (Phi) is 4.63. The first kappa shape index (κ1) is 15.4. The predicted molar refractivity (Wildman–Crippen MR) is 76.7 cm³/mol. The van der Waals surface area contributed by atoms with Crippen molar-refractivity contribution in [3.05, 3.63) is 59.7 Å². The van der Waals surface area contributed by atoms with Crippen LogP contribution in [0.3, 0.4) is 0 Å². The van der Waals surface area contributed by atoms with Gasteiger partial charge in [-0.25, -0.2) is 9.59 Å². The van der Waals surface area contributed by atoms with Gasteiger partial charge < -0.3 is 19.3 Å². The quantitative estimate of drug-likeness (QED) is 0.830. The van der Waals surface area contributed by atoms with E-state index in [1.165, 1.54) is 48.5 Å². The zero-order valence-corrected chi connectivity index (χ0v) is 11.9. The number of benzene rings is 2. The third-order valence-corrected chi connectivity index (χ3v) is 3.30. The van der Waals surface area contributed by atoms with Crippen LogP contribution >= 0.6 is 8.01 Å². The van der Waals surface area contributed by atoms with E-state index in [0.29, 0.717) is 0 Å². The molecule has 22 heavy (non-hydrogen) atoms. The summed E-state index contributed by atoms with van der Waals surface area (Å²) in [5.74, 6) is -1.62. The summed E-state index contributed by atoms with van der Waals surface area (Å²) < 4.78 is 10.2. The minimum atomic E-state index is -2.28. The smallest absolute Gasteiger partial charge is 0.459 e. The van der Waals surface area contributed by atoms with Gasteiger partial charge in [0.25, 0.3) is 0 Å². The Morgan fingerprint density at radius 2 is 1.09 bits per heavy atom. The summed E-state index contributed by atoms with van der Waals surface area (Å²) in [6.45, 7) is 0. The summed E-state index contributed by atoms with van der Waals surface area (Å²) in [6, 6.07) is 10.9. The Bertz CT molecular complexity index is 697. The van der Waals surface area contributed by atoms with E-state index in [-0.39, 0.29) is 22.6 Å². The van der Waals surface area contributed by atoms with Crippen molar-refractivity contribution in [1.82, 2.24) is 0 Å². The van der Waals surface area contributed by atoms with Crippen LogP contribution in [0.5, 0.6) is 11.5 Å². The highest BCUT2D eigenvalue weighted by molar-refractivity contribution is 7.32. The molecule has 0 bridgehead atoms. The molecule has 0 saturated heterocycles. The average molecular weight is 319 g/mol. The SMILES string of the molecule is N#P(Oc1ccc(C(=O)O)cc1)Oc1ccc(C(=O)O)cc1. The highest BCUT2D eigenvalue weighted by Crippen LogP contribution is 2.29. The molecule has 8 heteroatoms. The molecule has 2 N–H and O–H groups in total. The van der Waals surface area contributed by atoms with Crippen molar-refractivity contribution in [2.24, 2.45) is 0 Å². The van der Waals surface area contributed by atoms with E-state index >= 15 is 0 Å². The largest absolute Gasteiger partial charge is 0.478 e. The van der Waals surface area contributed by atoms with E-state index < -0.39 is 19.9 Å². The molecule has 2 rings (SSSR count). The maximum absolute atomic E-state index is 10.7. The van der Waals surface area contributed by atoms with Gasteiger partial charge in [0.05, 0.1) is 11.1 Å². The third kappa shape index (κ3) is 3.99. The molecule has 0 aliphatic heterocycles. The van der Waals surface area contributed by atoms with E-state index in [9.17, 15) is 14.6 Å². The molecule has 2 aromatic carbocycles. The molecule has 0 amide bonds.